The standard InChI is InChI=1S/C17H16Cl2N2O3S/c18-13-4-5-14(19)16(7-13)25(23,24)20-8-11-6-12(10-20)15-2-1-3-17(22)21(15)9-11/h1-5,7,11-12H,6,8-10H2/t11-,12-/m1/s1. The molecule has 4 rings (SSSR count). The second kappa shape index (κ2) is 6.13. The lowest BCUT2D eigenvalue weighted by atomic mass is 9.84. The fourth-order valence-corrected chi connectivity index (χ4v) is 6.16. The number of pyridine rings is 1. The number of sulfonamides is 1. The molecule has 2 bridgehead atoms. The second-order valence-corrected chi connectivity index (χ2v) is 9.34. The van der Waals surface area contributed by atoms with E-state index in [0.29, 0.717) is 24.7 Å². The van der Waals surface area contributed by atoms with Crippen LogP contribution >= 0.6 is 23.2 Å². The smallest absolute Gasteiger partial charge is 0.250 e. The molecule has 1 aromatic carbocycles. The van der Waals surface area contributed by atoms with Crippen molar-refractivity contribution in [1.29, 1.82) is 0 Å². The zero-order chi connectivity index (χ0) is 17.8. The quantitative estimate of drug-likeness (QED) is 0.780. The second-order valence-electron chi connectivity index (χ2n) is 6.59. The normalized spacial score (nSPS) is 23.3. The molecule has 2 aliphatic rings. The van der Waals surface area contributed by atoms with Crippen LogP contribution in [0.3, 0.4) is 0 Å². The molecule has 0 radical (unpaired) electrons. The molecule has 2 atom stereocenters. The Kier molecular flexibility index (Phi) is 4.19. The minimum absolute atomic E-state index is 0.00846. The lowest BCUT2D eigenvalue weighted by Crippen LogP contribution is -2.49. The first kappa shape index (κ1) is 17.1. The monoisotopic (exact) mass is 398 g/mol. The van der Waals surface area contributed by atoms with Crippen molar-refractivity contribution in [3.8, 4) is 0 Å². The largest absolute Gasteiger partial charge is 0.312 e. The highest BCUT2D eigenvalue weighted by molar-refractivity contribution is 7.89. The van der Waals surface area contributed by atoms with Crippen LogP contribution in [0.25, 0.3) is 0 Å². The number of benzene rings is 1. The van der Waals surface area contributed by atoms with Crippen LogP contribution in [0.5, 0.6) is 0 Å². The van der Waals surface area contributed by atoms with Gasteiger partial charge in [0.15, 0.2) is 0 Å². The number of rotatable bonds is 2. The summed E-state index contributed by atoms with van der Waals surface area (Å²) in [5, 5.41) is 0.494. The third kappa shape index (κ3) is 2.91. The first-order valence-corrected chi connectivity index (χ1v) is 10.2. The highest BCUT2D eigenvalue weighted by Crippen LogP contribution is 2.38. The maximum atomic E-state index is 13.1. The Bertz CT molecular complexity index is 1000. The van der Waals surface area contributed by atoms with Gasteiger partial charge >= 0.3 is 0 Å². The highest BCUT2D eigenvalue weighted by atomic mass is 35.5. The van der Waals surface area contributed by atoms with Crippen LogP contribution in [0, 0.1) is 5.92 Å². The summed E-state index contributed by atoms with van der Waals surface area (Å²) in [5.41, 5.74) is 0.877. The molecule has 0 unspecified atom stereocenters. The predicted molar refractivity (Wildman–Crippen MR) is 96.8 cm³/mol. The van der Waals surface area contributed by atoms with Crippen LogP contribution in [-0.4, -0.2) is 30.4 Å². The molecule has 0 spiro atoms. The van der Waals surface area contributed by atoms with Gasteiger partial charge in [0.2, 0.25) is 10.0 Å². The minimum atomic E-state index is -3.74. The van der Waals surface area contributed by atoms with Crippen molar-refractivity contribution in [3.63, 3.8) is 0 Å². The van der Waals surface area contributed by atoms with Crippen molar-refractivity contribution in [2.75, 3.05) is 13.1 Å². The average Bonchev–Trinajstić information content (AvgIpc) is 2.58. The Hall–Kier alpha value is -1.34. The first-order chi connectivity index (χ1) is 11.9. The van der Waals surface area contributed by atoms with Crippen molar-refractivity contribution in [3.05, 3.63) is 62.5 Å². The molecule has 8 heteroatoms. The Morgan fingerprint density at radius 2 is 1.84 bits per heavy atom. The van der Waals surface area contributed by atoms with Crippen molar-refractivity contribution in [2.45, 2.75) is 23.8 Å². The van der Waals surface area contributed by atoms with Gasteiger partial charge in [0.1, 0.15) is 4.90 Å². The molecule has 1 fully saturated rings. The SMILES string of the molecule is O=c1cccc2n1C[C@@H]1C[C@@H]2CN(S(=O)(=O)c2cc(Cl)ccc2Cl)C1. The Balaban J connectivity index is 1.72. The fraction of sp³-hybridized carbons (Fsp3) is 0.353. The molecule has 2 aliphatic heterocycles. The molecule has 0 aliphatic carbocycles. The number of hydrogen-bond acceptors (Lipinski definition) is 3. The average molecular weight is 399 g/mol. The van der Waals surface area contributed by atoms with Crippen molar-refractivity contribution >= 4 is 33.2 Å². The van der Waals surface area contributed by atoms with Crippen molar-refractivity contribution in [2.24, 2.45) is 5.92 Å². The molecule has 25 heavy (non-hydrogen) atoms. The van der Waals surface area contributed by atoms with E-state index in [1.807, 2.05) is 6.07 Å². The summed E-state index contributed by atoms with van der Waals surface area (Å²) in [7, 11) is -3.74. The third-order valence-corrected chi connectivity index (χ3v) is 7.51. The molecule has 1 aromatic heterocycles. The summed E-state index contributed by atoms with van der Waals surface area (Å²) < 4.78 is 29.4. The van der Waals surface area contributed by atoms with E-state index < -0.39 is 10.0 Å². The Labute approximate surface area is 155 Å². The van der Waals surface area contributed by atoms with Crippen LogP contribution in [0.2, 0.25) is 10.0 Å². The van der Waals surface area contributed by atoms with E-state index in [9.17, 15) is 13.2 Å². The molecule has 2 aromatic rings. The van der Waals surface area contributed by atoms with Gasteiger partial charge in [0, 0.05) is 42.3 Å². The molecular weight excluding hydrogens is 383 g/mol. The van der Waals surface area contributed by atoms with Gasteiger partial charge in [-0.25, -0.2) is 8.42 Å². The van der Waals surface area contributed by atoms with Crippen LogP contribution in [0.4, 0.5) is 0 Å². The molecule has 5 nitrogen and oxygen atoms in total. The number of fused-ring (bicyclic) bond motifs is 4. The van der Waals surface area contributed by atoms with Crippen LogP contribution in [0.1, 0.15) is 18.0 Å². The van der Waals surface area contributed by atoms with Gasteiger partial charge in [-0.1, -0.05) is 29.3 Å². The van der Waals surface area contributed by atoms with E-state index in [1.165, 1.54) is 16.4 Å². The van der Waals surface area contributed by atoms with E-state index in [0.717, 1.165) is 12.1 Å². The van der Waals surface area contributed by atoms with Gasteiger partial charge < -0.3 is 4.57 Å². The lowest BCUT2D eigenvalue weighted by Gasteiger charge is -2.42. The van der Waals surface area contributed by atoms with E-state index in [-0.39, 0.29) is 27.3 Å². The van der Waals surface area contributed by atoms with Gasteiger partial charge in [-0.3, -0.25) is 4.79 Å². The number of aromatic nitrogens is 1. The zero-order valence-electron chi connectivity index (χ0n) is 13.2. The number of piperidine rings is 1. The summed E-state index contributed by atoms with van der Waals surface area (Å²) in [5.74, 6) is 0.119. The minimum Gasteiger partial charge on any atom is -0.312 e. The van der Waals surface area contributed by atoms with Gasteiger partial charge in [-0.15, -0.1) is 0 Å². The van der Waals surface area contributed by atoms with Crippen molar-refractivity contribution in [1.82, 2.24) is 8.87 Å². The zero-order valence-corrected chi connectivity index (χ0v) is 15.6. The molecule has 1 saturated heterocycles. The molecule has 0 amide bonds. The van der Waals surface area contributed by atoms with E-state index in [1.54, 1.807) is 22.8 Å². The lowest BCUT2D eigenvalue weighted by molar-refractivity contribution is 0.186. The summed E-state index contributed by atoms with van der Waals surface area (Å²) in [6, 6.07) is 9.64. The van der Waals surface area contributed by atoms with Gasteiger partial charge in [-0.05, 0) is 36.6 Å². The molecule has 0 N–H and O–H groups in total. The maximum absolute atomic E-state index is 13.1. The Morgan fingerprint density at radius 3 is 2.64 bits per heavy atom. The molecular formula is C17H16Cl2N2O3S. The third-order valence-electron chi connectivity index (χ3n) is 4.96. The van der Waals surface area contributed by atoms with Gasteiger partial charge in [0.25, 0.3) is 5.56 Å². The molecule has 132 valence electrons. The fourth-order valence-electron chi connectivity index (χ4n) is 3.86. The van der Waals surface area contributed by atoms with E-state index in [4.69, 9.17) is 23.2 Å². The maximum Gasteiger partial charge on any atom is 0.250 e. The Morgan fingerprint density at radius 1 is 1.04 bits per heavy atom. The van der Waals surface area contributed by atoms with Crippen LogP contribution < -0.4 is 5.56 Å². The number of nitrogens with zero attached hydrogens (tertiary/aromatic N) is 2. The molecule has 3 heterocycles. The summed E-state index contributed by atoms with van der Waals surface area (Å²) >= 11 is 12.1. The summed E-state index contributed by atoms with van der Waals surface area (Å²) in [6.45, 7) is 1.26. The number of halogens is 2. The molecule has 0 saturated carbocycles. The van der Waals surface area contributed by atoms with E-state index in [2.05, 4.69) is 0 Å². The van der Waals surface area contributed by atoms with E-state index >= 15 is 0 Å². The van der Waals surface area contributed by atoms with Crippen LogP contribution in [0.15, 0.2) is 46.1 Å². The first-order valence-electron chi connectivity index (χ1n) is 8.01. The number of hydrogen-bond donors (Lipinski definition) is 0. The van der Waals surface area contributed by atoms with Gasteiger partial charge in [0.05, 0.1) is 5.02 Å². The predicted octanol–water partition coefficient (Wildman–Crippen LogP) is 2.96. The van der Waals surface area contributed by atoms with Crippen LogP contribution in [-0.2, 0) is 16.6 Å². The summed E-state index contributed by atoms with van der Waals surface area (Å²) in [6.07, 6.45) is 0.888. The van der Waals surface area contributed by atoms with Gasteiger partial charge in [-0.2, -0.15) is 4.31 Å². The van der Waals surface area contributed by atoms with Crippen molar-refractivity contribution < 1.29 is 8.42 Å². The topological polar surface area (TPSA) is 59.4 Å². The summed E-state index contributed by atoms with van der Waals surface area (Å²) in [4.78, 5) is 12.1. The highest BCUT2D eigenvalue weighted by Gasteiger charge is 2.40.